The fraction of sp³-hybridized carbons (Fsp3) is 0.200. The van der Waals surface area contributed by atoms with Crippen LogP contribution in [0.5, 0.6) is 17.2 Å². The molecule has 8 nitrogen and oxygen atoms in total. The predicted octanol–water partition coefficient (Wildman–Crippen LogP) is 9.53. The summed E-state index contributed by atoms with van der Waals surface area (Å²) in [5.41, 5.74) is 2.55. The summed E-state index contributed by atoms with van der Waals surface area (Å²) in [5.74, 6) is -3.65. The molecule has 0 spiro atoms. The normalized spacial score (nSPS) is 13.8. The van der Waals surface area contributed by atoms with Crippen LogP contribution in [0.4, 0.5) is 27.1 Å². The molecule has 0 aliphatic carbocycles. The third-order valence-electron chi connectivity index (χ3n) is 9.44. The van der Waals surface area contributed by atoms with Gasteiger partial charge in [0.25, 0.3) is 10.0 Å². The predicted molar refractivity (Wildman–Crippen MR) is 198 cm³/mol. The van der Waals surface area contributed by atoms with Crippen molar-refractivity contribution in [3.63, 3.8) is 0 Å². The Morgan fingerprint density at radius 3 is 2.13 bits per heavy atom. The first-order valence-corrected chi connectivity index (χ1v) is 19.2. The van der Waals surface area contributed by atoms with E-state index in [1.807, 2.05) is 60.7 Å². The van der Waals surface area contributed by atoms with Gasteiger partial charge in [-0.3, -0.25) is 4.90 Å². The molecule has 284 valence electrons. The Morgan fingerprint density at radius 1 is 0.873 bits per heavy atom. The van der Waals surface area contributed by atoms with Crippen molar-refractivity contribution < 1.29 is 39.8 Å². The maximum absolute atomic E-state index is 15.8. The summed E-state index contributed by atoms with van der Waals surface area (Å²) >= 11 is 0.738. The van der Waals surface area contributed by atoms with Crippen LogP contribution >= 0.6 is 11.5 Å². The molecule has 0 saturated carbocycles. The highest BCUT2D eigenvalue weighted by Crippen LogP contribution is 2.42. The topological polar surface area (TPSA) is 84.9 Å². The molecule has 7 rings (SSSR count). The quantitative estimate of drug-likeness (QED) is 0.114. The van der Waals surface area contributed by atoms with E-state index in [0.29, 0.717) is 53.7 Å². The van der Waals surface area contributed by atoms with Gasteiger partial charge in [-0.1, -0.05) is 66.7 Å². The number of alkyl halides is 3. The van der Waals surface area contributed by atoms with Crippen molar-refractivity contribution in [3.05, 3.63) is 161 Å². The molecule has 0 unspecified atom stereocenters. The number of nitrogens with zero attached hydrogens (tertiary/aromatic N) is 4. The summed E-state index contributed by atoms with van der Waals surface area (Å²) < 4.78 is 117. The molecule has 0 amide bonds. The van der Waals surface area contributed by atoms with E-state index in [0.717, 1.165) is 39.4 Å². The highest BCUT2D eigenvalue weighted by molar-refractivity contribution is 7.93. The first-order chi connectivity index (χ1) is 26.3. The van der Waals surface area contributed by atoms with Gasteiger partial charge in [0.05, 0.1) is 25.3 Å². The fourth-order valence-electron chi connectivity index (χ4n) is 6.59. The third-order valence-corrected chi connectivity index (χ3v) is 12.0. The van der Waals surface area contributed by atoms with E-state index in [-0.39, 0.29) is 29.4 Å². The van der Waals surface area contributed by atoms with Gasteiger partial charge in [-0.05, 0) is 65.1 Å². The Balaban J connectivity index is 1.16. The van der Waals surface area contributed by atoms with Gasteiger partial charge >= 0.3 is 6.18 Å². The molecule has 5 aromatic carbocycles. The standard InChI is InChI=1S/C40H33F5N4O4S2/c1-25-15-32(52-2)14-13-28(25)23-49(39-46-24-47-54-39)55(50,51)37-20-34(41)36(19-35(37)42)53-33-17-29(16-31(18-33)40(43,44)45)30-21-48(22-30)38(26-9-5-3-6-10-26)27-11-7-4-8-12-27/h3-20,24,30,38H,21-23H2,1-2H3. The highest BCUT2D eigenvalue weighted by atomic mass is 32.2. The minimum Gasteiger partial charge on any atom is -0.497 e. The number of hydrogen-bond donors (Lipinski definition) is 0. The lowest BCUT2D eigenvalue weighted by atomic mass is 9.85. The lowest BCUT2D eigenvalue weighted by Gasteiger charge is -2.45. The lowest BCUT2D eigenvalue weighted by Crippen LogP contribution is -2.47. The van der Waals surface area contributed by atoms with E-state index < -0.39 is 44.0 Å². The molecule has 1 aromatic heterocycles. The van der Waals surface area contributed by atoms with Crippen molar-refractivity contribution in [1.29, 1.82) is 0 Å². The Bertz CT molecular complexity index is 2360. The van der Waals surface area contributed by atoms with Crippen molar-refractivity contribution in [3.8, 4) is 17.2 Å². The molecule has 15 heteroatoms. The van der Waals surface area contributed by atoms with Gasteiger partial charge in [0.2, 0.25) is 5.13 Å². The second-order valence-corrected chi connectivity index (χ2v) is 15.6. The molecule has 0 radical (unpaired) electrons. The van der Waals surface area contributed by atoms with Crippen LogP contribution in [0.15, 0.2) is 120 Å². The zero-order valence-electron chi connectivity index (χ0n) is 29.4. The molecule has 1 fully saturated rings. The van der Waals surface area contributed by atoms with Crippen LogP contribution in [-0.2, 0) is 22.7 Å². The Labute approximate surface area is 318 Å². The molecule has 1 aliphatic rings. The van der Waals surface area contributed by atoms with E-state index in [9.17, 15) is 21.6 Å². The van der Waals surface area contributed by atoms with Gasteiger partial charge in [-0.2, -0.15) is 17.5 Å². The smallest absolute Gasteiger partial charge is 0.416 e. The fourth-order valence-corrected chi connectivity index (χ4v) is 8.78. The molecular formula is C40H33F5N4O4S2. The third kappa shape index (κ3) is 8.04. The number of benzene rings is 5. The number of aromatic nitrogens is 2. The molecule has 0 atom stereocenters. The Kier molecular flexibility index (Phi) is 10.6. The van der Waals surface area contributed by atoms with E-state index in [1.54, 1.807) is 25.1 Å². The molecule has 1 saturated heterocycles. The number of likely N-dealkylation sites (tertiary alicyclic amines) is 1. The van der Waals surface area contributed by atoms with E-state index >= 15 is 8.78 Å². The Hall–Kier alpha value is -5.38. The number of halogens is 5. The minimum absolute atomic E-state index is 0.0970. The summed E-state index contributed by atoms with van der Waals surface area (Å²) in [6.07, 6.45) is -3.64. The van der Waals surface area contributed by atoms with Crippen molar-refractivity contribution in [1.82, 2.24) is 14.3 Å². The number of methoxy groups -OCH3 is 1. The second-order valence-electron chi connectivity index (χ2n) is 13.0. The highest BCUT2D eigenvalue weighted by Gasteiger charge is 2.38. The maximum atomic E-state index is 15.8. The molecule has 55 heavy (non-hydrogen) atoms. The van der Waals surface area contributed by atoms with Crippen molar-refractivity contribution >= 4 is 26.7 Å². The number of anilines is 1. The van der Waals surface area contributed by atoms with Crippen LogP contribution in [0.25, 0.3) is 0 Å². The van der Waals surface area contributed by atoms with Gasteiger partial charge in [-0.25, -0.2) is 26.5 Å². The summed E-state index contributed by atoms with van der Waals surface area (Å²) in [4.78, 5) is 5.13. The van der Waals surface area contributed by atoms with E-state index in [1.165, 1.54) is 13.2 Å². The lowest BCUT2D eigenvalue weighted by molar-refractivity contribution is -0.137. The second kappa shape index (κ2) is 15.4. The van der Waals surface area contributed by atoms with Crippen molar-refractivity contribution in [2.24, 2.45) is 0 Å². The number of ether oxygens (including phenoxy) is 2. The number of hydrogen-bond acceptors (Lipinski definition) is 8. The first-order valence-electron chi connectivity index (χ1n) is 17.0. The maximum Gasteiger partial charge on any atom is 0.416 e. The SMILES string of the molecule is COc1ccc(CN(c2ncns2)S(=O)(=O)c2cc(F)c(Oc3cc(C4CN(C(c5ccccc5)c5ccccc5)C4)cc(C(F)(F)F)c3)cc2F)c(C)c1. The van der Waals surface area contributed by atoms with Gasteiger partial charge in [-0.15, -0.1) is 0 Å². The zero-order valence-corrected chi connectivity index (χ0v) is 31.0. The van der Waals surface area contributed by atoms with Crippen LogP contribution in [-0.4, -0.2) is 42.9 Å². The van der Waals surface area contributed by atoms with Crippen LogP contribution in [0, 0.1) is 18.6 Å². The van der Waals surface area contributed by atoms with E-state index in [2.05, 4.69) is 14.3 Å². The van der Waals surface area contributed by atoms with Crippen LogP contribution in [0.2, 0.25) is 0 Å². The number of sulfonamides is 1. The van der Waals surface area contributed by atoms with Crippen molar-refractivity contribution in [2.45, 2.75) is 36.5 Å². The molecule has 2 heterocycles. The average Bonchev–Trinajstić information content (AvgIpc) is 3.68. The van der Waals surface area contributed by atoms with Gasteiger partial charge < -0.3 is 9.47 Å². The summed E-state index contributed by atoms with van der Waals surface area (Å²) in [6.45, 7) is 2.29. The van der Waals surface area contributed by atoms with Crippen LogP contribution < -0.4 is 13.8 Å². The number of rotatable bonds is 12. The van der Waals surface area contributed by atoms with Crippen LogP contribution in [0.1, 0.15) is 45.3 Å². The van der Waals surface area contributed by atoms with Gasteiger partial charge in [0.1, 0.15) is 28.5 Å². The van der Waals surface area contributed by atoms with Crippen LogP contribution in [0.3, 0.4) is 0 Å². The van der Waals surface area contributed by atoms with E-state index in [4.69, 9.17) is 9.47 Å². The number of aryl methyl sites for hydroxylation is 1. The zero-order chi connectivity index (χ0) is 38.9. The average molecular weight is 793 g/mol. The largest absolute Gasteiger partial charge is 0.497 e. The first kappa shape index (κ1) is 37.9. The van der Waals surface area contributed by atoms with Gasteiger partial charge in [0.15, 0.2) is 11.6 Å². The summed E-state index contributed by atoms with van der Waals surface area (Å²) in [7, 11) is -3.32. The Morgan fingerprint density at radius 2 is 1.55 bits per heavy atom. The molecule has 0 N–H and O–H groups in total. The molecule has 0 bridgehead atoms. The molecular weight excluding hydrogens is 760 g/mol. The summed E-state index contributed by atoms with van der Waals surface area (Å²) in [5, 5.41) is -0.0970. The van der Waals surface area contributed by atoms with Crippen molar-refractivity contribution in [2.75, 3.05) is 24.5 Å². The van der Waals surface area contributed by atoms with Gasteiger partial charge in [0, 0.05) is 42.7 Å². The molecule has 1 aliphatic heterocycles. The minimum atomic E-state index is -4.80. The molecule has 6 aromatic rings. The summed E-state index contributed by atoms with van der Waals surface area (Å²) in [6, 6.07) is 28.4. The monoisotopic (exact) mass is 792 g/mol.